The number of carbonyl (C=O) groups is 1. The van der Waals surface area contributed by atoms with Crippen molar-refractivity contribution in [3.63, 3.8) is 0 Å². The number of hydrogen-bond acceptors (Lipinski definition) is 4. The zero-order valence-corrected chi connectivity index (χ0v) is 18.9. The Balaban J connectivity index is 1.54. The molecule has 162 valence electrons. The molecular weight excluding hydrogens is 447 g/mol. The summed E-state index contributed by atoms with van der Waals surface area (Å²) in [4.78, 5) is 12.4. The van der Waals surface area contributed by atoms with Crippen molar-refractivity contribution in [1.82, 2.24) is 10.0 Å². The van der Waals surface area contributed by atoms with Crippen molar-refractivity contribution in [2.24, 2.45) is 0 Å². The van der Waals surface area contributed by atoms with Gasteiger partial charge in [0.25, 0.3) is 5.91 Å². The molecule has 0 saturated heterocycles. The highest BCUT2D eigenvalue weighted by molar-refractivity contribution is 7.89. The SMILES string of the molecule is CC(OCCCNC(=O)c1cc(S(=O)(=O)NC2CC2)c(Cl)cc1Cl)c1ccccc1. The molecule has 1 unspecified atom stereocenters. The summed E-state index contributed by atoms with van der Waals surface area (Å²) in [7, 11) is -3.81. The van der Waals surface area contributed by atoms with Gasteiger partial charge in [0.2, 0.25) is 10.0 Å². The highest BCUT2D eigenvalue weighted by atomic mass is 35.5. The molecule has 0 aromatic heterocycles. The van der Waals surface area contributed by atoms with E-state index in [4.69, 9.17) is 27.9 Å². The van der Waals surface area contributed by atoms with Gasteiger partial charge in [0.15, 0.2) is 0 Å². The third-order valence-corrected chi connectivity index (χ3v) is 7.00. The number of amides is 1. The van der Waals surface area contributed by atoms with Crippen LogP contribution in [0.1, 0.15) is 48.2 Å². The summed E-state index contributed by atoms with van der Waals surface area (Å²) < 4.78 is 33.3. The monoisotopic (exact) mass is 470 g/mol. The van der Waals surface area contributed by atoms with Gasteiger partial charge in [-0.05, 0) is 43.9 Å². The molecule has 0 spiro atoms. The summed E-state index contributed by atoms with van der Waals surface area (Å²) in [5, 5.41) is 2.82. The fourth-order valence-electron chi connectivity index (χ4n) is 2.84. The molecule has 9 heteroatoms. The summed E-state index contributed by atoms with van der Waals surface area (Å²) in [5.41, 5.74) is 1.15. The fourth-order valence-corrected chi connectivity index (χ4v) is 5.01. The van der Waals surface area contributed by atoms with E-state index < -0.39 is 15.9 Å². The van der Waals surface area contributed by atoms with E-state index in [0.717, 1.165) is 18.4 Å². The first-order valence-corrected chi connectivity index (χ1v) is 12.0. The smallest absolute Gasteiger partial charge is 0.252 e. The second kappa shape index (κ2) is 10.1. The lowest BCUT2D eigenvalue weighted by atomic mass is 10.1. The lowest BCUT2D eigenvalue weighted by Crippen LogP contribution is -2.28. The largest absolute Gasteiger partial charge is 0.374 e. The van der Waals surface area contributed by atoms with Crippen molar-refractivity contribution in [2.45, 2.75) is 43.2 Å². The molecule has 0 aliphatic heterocycles. The Morgan fingerprint density at radius 3 is 2.53 bits per heavy atom. The van der Waals surface area contributed by atoms with E-state index in [1.807, 2.05) is 37.3 Å². The van der Waals surface area contributed by atoms with E-state index in [0.29, 0.717) is 19.6 Å². The number of halogens is 2. The molecule has 0 heterocycles. The summed E-state index contributed by atoms with van der Waals surface area (Å²) in [5.74, 6) is -0.462. The van der Waals surface area contributed by atoms with Crippen LogP contribution in [-0.4, -0.2) is 33.5 Å². The predicted octanol–water partition coefficient (Wildman–Crippen LogP) is 4.33. The number of nitrogens with one attached hydrogen (secondary N) is 2. The molecule has 1 fully saturated rings. The second-order valence-corrected chi connectivity index (χ2v) is 9.69. The minimum atomic E-state index is -3.81. The number of carbonyl (C=O) groups excluding carboxylic acids is 1. The summed E-state index contributed by atoms with van der Waals surface area (Å²) in [6, 6.07) is 12.3. The van der Waals surface area contributed by atoms with Crippen LogP contribution in [0.2, 0.25) is 10.0 Å². The minimum Gasteiger partial charge on any atom is -0.374 e. The van der Waals surface area contributed by atoms with E-state index in [1.165, 1.54) is 12.1 Å². The molecule has 2 aromatic rings. The van der Waals surface area contributed by atoms with Crippen LogP contribution < -0.4 is 10.0 Å². The zero-order valence-electron chi connectivity index (χ0n) is 16.5. The number of hydrogen-bond donors (Lipinski definition) is 2. The fraction of sp³-hybridized carbons (Fsp3) is 0.381. The molecular formula is C21H24Cl2N2O4S. The van der Waals surface area contributed by atoms with Gasteiger partial charge in [-0.25, -0.2) is 13.1 Å². The van der Waals surface area contributed by atoms with Crippen molar-refractivity contribution in [3.05, 3.63) is 63.6 Å². The molecule has 0 bridgehead atoms. The third kappa shape index (κ3) is 6.18. The Kier molecular flexibility index (Phi) is 7.76. The number of sulfonamides is 1. The Morgan fingerprint density at radius 2 is 1.87 bits per heavy atom. The van der Waals surface area contributed by atoms with Crippen LogP contribution in [0.15, 0.2) is 47.4 Å². The molecule has 3 rings (SSSR count). The van der Waals surface area contributed by atoms with E-state index in [-0.39, 0.29) is 32.7 Å². The van der Waals surface area contributed by atoms with Crippen LogP contribution in [-0.2, 0) is 14.8 Å². The third-order valence-electron chi connectivity index (χ3n) is 4.70. The average Bonchev–Trinajstić information content (AvgIpc) is 3.51. The van der Waals surface area contributed by atoms with Crippen molar-refractivity contribution in [3.8, 4) is 0 Å². The Bertz CT molecular complexity index is 996. The van der Waals surface area contributed by atoms with Crippen LogP contribution in [0.3, 0.4) is 0 Å². The van der Waals surface area contributed by atoms with Gasteiger partial charge in [-0.2, -0.15) is 0 Å². The Labute approximate surface area is 187 Å². The lowest BCUT2D eigenvalue weighted by molar-refractivity contribution is 0.0635. The number of benzene rings is 2. The molecule has 2 N–H and O–H groups in total. The van der Waals surface area contributed by atoms with Crippen LogP contribution in [0.25, 0.3) is 0 Å². The van der Waals surface area contributed by atoms with Crippen LogP contribution in [0.5, 0.6) is 0 Å². The number of rotatable bonds is 10. The molecule has 1 aliphatic carbocycles. The maximum atomic E-state index is 12.5. The quantitative estimate of drug-likeness (QED) is 0.506. The van der Waals surface area contributed by atoms with Gasteiger partial charge in [-0.15, -0.1) is 0 Å². The van der Waals surface area contributed by atoms with E-state index in [2.05, 4.69) is 10.0 Å². The van der Waals surface area contributed by atoms with Gasteiger partial charge < -0.3 is 10.1 Å². The van der Waals surface area contributed by atoms with Crippen molar-refractivity contribution in [1.29, 1.82) is 0 Å². The standard InChI is InChI=1S/C21H24Cl2N2O4S/c1-14(15-6-3-2-4-7-15)29-11-5-10-24-21(26)17-12-20(19(23)13-18(17)22)30(27,28)25-16-8-9-16/h2-4,6-7,12-14,16,25H,5,8-11H2,1H3,(H,24,26). The van der Waals surface area contributed by atoms with Crippen molar-refractivity contribution in [2.75, 3.05) is 13.2 Å². The van der Waals surface area contributed by atoms with Gasteiger partial charge in [0.1, 0.15) is 4.90 Å². The topological polar surface area (TPSA) is 84.5 Å². The van der Waals surface area contributed by atoms with E-state index in [9.17, 15) is 13.2 Å². The van der Waals surface area contributed by atoms with Crippen molar-refractivity contribution < 1.29 is 17.9 Å². The maximum absolute atomic E-state index is 12.5. The van der Waals surface area contributed by atoms with E-state index in [1.54, 1.807) is 0 Å². The molecule has 0 radical (unpaired) electrons. The average molecular weight is 471 g/mol. The first kappa shape index (κ1) is 23.0. The molecule has 1 saturated carbocycles. The Hall–Kier alpha value is -1.64. The minimum absolute atomic E-state index is 0.0204. The normalized spacial score (nSPS) is 15.0. The Morgan fingerprint density at radius 1 is 1.17 bits per heavy atom. The van der Waals surface area contributed by atoms with E-state index >= 15 is 0 Å². The molecule has 1 atom stereocenters. The summed E-state index contributed by atoms with van der Waals surface area (Å²) in [6.07, 6.45) is 2.15. The highest BCUT2D eigenvalue weighted by Crippen LogP contribution is 2.30. The van der Waals surface area contributed by atoms with Crippen LogP contribution in [0, 0.1) is 0 Å². The van der Waals surface area contributed by atoms with Gasteiger partial charge in [0.05, 0.1) is 21.7 Å². The van der Waals surface area contributed by atoms with Crippen LogP contribution in [0.4, 0.5) is 0 Å². The van der Waals surface area contributed by atoms with Gasteiger partial charge in [-0.3, -0.25) is 4.79 Å². The van der Waals surface area contributed by atoms with Crippen LogP contribution >= 0.6 is 23.2 Å². The lowest BCUT2D eigenvalue weighted by Gasteiger charge is -2.14. The molecule has 6 nitrogen and oxygen atoms in total. The molecule has 30 heavy (non-hydrogen) atoms. The van der Waals surface area contributed by atoms with Gasteiger partial charge in [0, 0.05) is 19.2 Å². The highest BCUT2D eigenvalue weighted by Gasteiger charge is 2.30. The van der Waals surface area contributed by atoms with Crippen molar-refractivity contribution >= 4 is 39.1 Å². The molecule has 1 amide bonds. The summed E-state index contributed by atoms with van der Waals surface area (Å²) >= 11 is 12.2. The molecule has 2 aromatic carbocycles. The second-order valence-electron chi connectivity index (χ2n) is 7.19. The number of ether oxygens (including phenoxy) is 1. The maximum Gasteiger partial charge on any atom is 0.252 e. The molecule has 1 aliphatic rings. The zero-order chi connectivity index (χ0) is 21.7. The first-order valence-electron chi connectivity index (χ1n) is 9.74. The first-order chi connectivity index (χ1) is 14.3. The van der Waals surface area contributed by atoms with Gasteiger partial charge in [-0.1, -0.05) is 53.5 Å². The van der Waals surface area contributed by atoms with Gasteiger partial charge >= 0.3 is 0 Å². The summed E-state index contributed by atoms with van der Waals surface area (Å²) in [6.45, 7) is 2.80. The predicted molar refractivity (Wildman–Crippen MR) is 118 cm³/mol.